The van der Waals surface area contributed by atoms with E-state index in [1.807, 2.05) is 34.6 Å². The molecule has 26 heavy (non-hydrogen) atoms. The maximum atomic E-state index is 12.5. The van der Waals surface area contributed by atoms with Crippen molar-refractivity contribution in [3.8, 4) is 0 Å². The summed E-state index contributed by atoms with van der Waals surface area (Å²) in [5, 5.41) is 5.60. The molecule has 0 aliphatic carbocycles. The molecule has 5 nitrogen and oxygen atoms in total. The van der Waals surface area contributed by atoms with Crippen molar-refractivity contribution in [2.45, 2.75) is 99.6 Å². The summed E-state index contributed by atoms with van der Waals surface area (Å²) >= 11 is 0. The lowest BCUT2D eigenvalue weighted by Crippen LogP contribution is -2.54. The molecule has 0 saturated carbocycles. The van der Waals surface area contributed by atoms with E-state index in [9.17, 15) is 14.4 Å². The summed E-state index contributed by atoms with van der Waals surface area (Å²) in [7, 11) is 0. The van der Waals surface area contributed by atoms with Crippen molar-refractivity contribution in [1.29, 1.82) is 0 Å². The molecule has 0 bridgehead atoms. The van der Waals surface area contributed by atoms with Gasteiger partial charge < -0.3 is 10.6 Å². The number of carbonyl (C=O) groups is 3. The van der Waals surface area contributed by atoms with Crippen LogP contribution in [0, 0.1) is 17.3 Å². The van der Waals surface area contributed by atoms with Crippen LogP contribution in [0.4, 0.5) is 0 Å². The Morgan fingerprint density at radius 1 is 0.846 bits per heavy atom. The zero-order valence-electron chi connectivity index (χ0n) is 18.1. The monoisotopic (exact) mass is 368 g/mol. The van der Waals surface area contributed by atoms with E-state index in [0.717, 1.165) is 19.3 Å². The number of Topliss-reactive ketones (excluding diaryl/α,β-unsaturated/α-hetero) is 1. The first-order valence-corrected chi connectivity index (χ1v) is 10.00. The molecule has 0 unspecified atom stereocenters. The molecule has 0 aromatic heterocycles. The summed E-state index contributed by atoms with van der Waals surface area (Å²) in [5.41, 5.74) is -0.515. The van der Waals surface area contributed by atoms with Crippen molar-refractivity contribution in [3.63, 3.8) is 0 Å². The van der Waals surface area contributed by atoms with Crippen LogP contribution in [0.2, 0.25) is 0 Å². The molecule has 0 aliphatic heterocycles. The minimum absolute atomic E-state index is 0.0233. The Morgan fingerprint density at radius 3 is 1.88 bits per heavy atom. The first kappa shape index (κ1) is 24.6. The van der Waals surface area contributed by atoms with Gasteiger partial charge in [0.1, 0.15) is 6.04 Å². The van der Waals surface area contributed by atoms with E-state index < -0.39 is 17.5 Å². The van der Waals surface area contributed by atoms with Crippen LogP contribution in [0.15, 0.2) is 0 Å². The first-order chi connectivity index (χ1) is 11.9. The molecule has 0 aliphatic rings. The van der Waals surface area contributed by atoms with Crippen molar-refractivity contribution in [1.82, 2.24) is 10.6 Å². The van der Waals surface area contributed by atoms with Gasteiger partial charge in [0.05, 0.1) is 6.04 Å². The zero-order valence-corrected chi connectivity index (χ0v) is 18.1. The largest absolute Gasteiger partial charge is 0.345 e. The predicted octanol–water partition coefficient (Wildman–Crippen LogP) is 3.85. The summed E-state index contributed by atoms with van der Waals surface area (Å²) in [6, 6.07) is -1.19. The van der Waals surface area contributed by atoms with Gasteiger partial charge in [0.15, 0.2) is 5.78 Å². The minimum Gasteiger partial charge on any atom is -0.345 e. The van der Waals surface area contributed by atoms with E-state index in [2.05, 4.69) is 24.5 Å². The average molecular weight is 369 g/mol. The van der Waals surface area contributed by atoms with Gasteiger partial charge in [0.25, 0.3) is 0 Å². The fraction of sp³-hybridized carbons (Fsp3) is 0.857. The van der Waals surface area contributed by atoms with E-state index in [1.54, 1.807) is 6.92 Å². The lowest BCUT2D eigenvalue weighted by molar-refractivity contribution is -0.134. The van der Waals surface area contributed by atoms with E-state index >= 15 is 0 Å². The van der Waals surface area contributed by atoms with Crippen LogP contribution < -0.4 is 10.6 Å². The average Bonchev–Trinajstić information content (AvgIpc) is 2.49. The molecule has 0 fully saturated rings. The lowest BCUT2D eigenvalue weighted by Gasteiger charge is -2.26. The Bertz CT molecular complexity index is 464. The predicted molar refractivity (Wildman–Crippen MR) is 107 cm³/mol. The van der Waals surface area contributed by atoms with E-state index in [4.69, 9.17) is 0 Å². The fourth-order valence-electron chi connectivity index (χ4n) is 2.81. The molecule has 0 rings (SSSR count). The highest BCUT2D eigenvalue weighted by molar-refractivity contribution is 5.94. The van der Waals surface area contributed by atoms with Gasteiger partial charge in [0.2, 0.25) is 11.8 Å². The maximum Gasteiger partial charge on any atom is 0.243 e. The van der Waals surface area contributed by atoms with Crippen molar-refractivity contribution in [2.75, 3.05) is 0 Å². The number of hydrogen-bond acceptors (Lipinski definition) is 3. The summed E-state index contributed by atoms with van der Waals surface area (Å²) in [6.45, 7) is 15.4. The third kappa shape index (κ3) is 9.93. The van der Waals surface area contributed by atoms with Gasteiger partial charge in [0, 0.05) is 11.8 Å². The topological polar surface area (TPSA) is 75.3 Å². The van der Waals surface area contributed by atoms with E-state index in [-0.39, 0.29) is 23.5 Å². The second kappa shape index (κ2) is 11.3. The van der Waals surface area contributed by atoms with Gasteiger partial charge in [-0.3, -0.25) is 14.4 Å². The fourth-order valence-corrected chi connectivity index (χ4v) is 2.81. The van der Waals surface area contributed by atoms with E-state index in [0.29, 0.717) is 12.3 Å². The molecule has 0 aromatic rings. The highest BCUT2D eigenvalue weighted by Crippen LogP contribution is 2.17. The summed E-state index contributed by atoms with van der Waals surface area (Å²) in [5.74, 6) is 0.230. The number of hydrogen-bond donors (Lipinski definition) is 2. The molecule has 0 saturated heterocycles. The van der Waals surface area contributed by atoms with Crippen molar-refractivity contribution in [3.05, 3.63) is 0 Å². The molecule has 0 radical (unpaired) electrons. The summed E-state index contributed by atoms with van der Waals surface area (Å²) in [6.07, 6.45) is 4.61. The molecule has 0 heterocycles. The Balaban J connectivity index is 4.52. The molecular weight excluding hydrogens is 328 g/mol. The molecular formula is C21H40N2O3. The molecule has 2 amide bonds. The number of carbonyl (C=O) groups excluding carboxylic acids is 3. The number of nitrogens with one attached hydrogen (secondary N) is 2. The molecule has 0 spiro atoms. The smallest absolute Gasteiger partial charge is 0.243 e. The summed E-state index contributed by atoms with van der Waals surface area (Å²) < 4.78 is 0. The first-order valence-electron chi connectivity index (χ1n) is 10.00. The van der Waals surface area contributed by atoms with Gasteiger partial charge in [-0.2, -0.15) is 0 Å². The minimum atomic E-state index is -0.617. The van der Waals surface area contributed by atoms with Gasteiger partial charge in [-0.15, -0.1) is 0 Å². The van der Waals surface area contributed by atoms with Gasteiger partial charge in [-0.25, -0.2) is 0 Å². The highest BCUT2D eigenvalue weighted by atomic mass is 16.2. The Kier molecular flexibility index (Phi) is 10.7. The lowest BCUT2D eigenvalue weighted by atomic mass is 9.87. The SMILES string of the molecule is CC(C)CCCCCC(=O)N[C@H](C(=O)N[C@@H](C)C(=O)C(C)(C)C)C(C)C. The van der Waals surface area contributed by atoms with Crippen LogP contribution in [-0.4, -0.2) is 29.7 Å². The maximum absolute atomic E-state index is 12.5. The standard InChI is InChI=1S/C21H40N2O3/c1-14(2)12-10-9-11-13-17(24)23-18(15(3)4)20(26)22-16(5)19(25)21(6,7)8/h14-16,18H,9-13H2,1-8H3,(H,22,26)(H,23,24)/t16-,18-/m0/s1. The Labute approximate surface area is 160 Å². The molecule has 5 heteroatoms. The molecule has 2 N–H and O–H groups in total. The van der Waals surface area contributed by atoms with Crippen LogP contribution >= 0.6 is 0 Å². The number of ketones is 1. The second-order valence-electron chi connectivity index (χ2n) is 9.13. The van der Waals surface area contributed by atoms with Crippen LogP contribution in [0.1, 0.15) is 87.5 Å². The van der Waals surface area contributed by atoms with Crippen LogP contribution in [0.25, 0.3) is 0 Å². The molecule has 152 valence electrons. The quantitative estimate of drug-likeness (QED) is 0.544. The zero-order chi connectivity index (χ0) is 20.5. The van der Waals surface area contributed by atoms with Crippen molar-refractivity contribution >= 4 is 17.6 Å². The van der Waals surface area contributed by atoms with Crippen LogP contribution in [-0.2, 0) is 14.4 Å². The normalized spacial score (nSPS) is 14.2. The van der Waals surface area contributed by atoms with Crippen LogP contribution in [0.3, 0.4) is 0 Å². The summed E-state index contributed by atoms with van der Waals surface area (Å²) in [4.78, 5) is 37.0. The van der Waals surface area contributed by atoms with Crippen LogP contribution in [0.5, 0.6) is 0 Å². The highest BCUT2D eigenvalue weighted by Gasteiger charge is 2.31. The number of rotatable bonds is 11. The Hall–Kier alpha value is -1.39. The van der Waals surface area contributed by atoms with Gasteiger partial charge in [-0.1, -0.05) is 67.7 Å². The van der Waals surface area contributed by atoms with Crippen molar-refractivity contribution < 1.29 is 14.4 Å². The number of unbranched alkanes of at least 4 members (excludes halogenated alkanes) is 2. The van der Waals surface area contributed by atoms with Gasteiger partial charge >= 0.3 is 0 Å². The number of amides is 2. The molecule has 0 aromatic carbocycles. The van der Waals surface area contributed by atoms with Gasteiger partial charge in [-0.05, 0) is 25.2 Å². The second-order valence-corrected chi connectivity index (χ2v) is 9.13. The third-order valence-electron chi connectivity index (χ3n) is 4.44. The van der Waals surface area contributed by atoms with E-state index in [1.165, 1.54) is 6.42 Å². The van der Waals surface area contributed by atoms with Crippen molar-refractivity contribution in [2.24, 2.45) is 17.3 Å². The molecule has 2 atom stereocenters. The third-order valence-corrected chi connectivity index (χ3v) is 4.44. The Morgan fingerprint density at radius 2 is 1.42 bits per heavy atom.